The molecule has 0 atom stereocenters. The fourth-order valence-corrected chi connectivity index (χ4v) is 1.60. The van der Waals surface area contributed by atoms with E-state index >= 15 is 0 Å². The van der Waals surface area contributed by atoms with Gasteiger partial charge in [-0.1, -0.05) is 0 Å². The summed E-state index contributed by atoms with van der Waals surface area (Å²) in [7, 11) is 0. The quantitative estimate of drug-likeness (QED) is 0.674. The van der Waals surface area contributed by atoms with Gasteiger partial charge < -0.3 is 20.4 Å². The molecule has 0 spiro atoms. The Morgan fingerprint density at radius 1 is 1.16 bits per heavy atom. The third-order valence-corrected chi connectivity index (χ3v) is 2.92. The van der Waals surface area contributed by atoms with Crippen molar-refractivity contribution in [3.63, 3.8) is 0 Å². The molecule has 1 aromatic heterocycles. The van der Waals surface area contributed by atoms with Gasteiger partial charge in [0.25, 0.3) is 0 Å². The van der Waals surface area contributed by atoms with Gasteiger partial charge in [-0.25, -0.2) is 0 Å². The van der Waals surface area contributed by atoms with E-state index < -0.39 is 5.54 Å². The fraction of sp³-hybridized carbons (Fsp3) is 0.727. The fourth-order valence-electron chi connectivity index (χ4n) is 1.44. The topological polar surface area (TPSA) is 94.4 Å². The molecule has 1 aromatic rings. The summed E-state index contributed by atoms with van der Waals surface area (Å²) >= 11 is 5.87. The second-order valence-electron chi connectivity index (χ2n) is 4.40. The minimum atomic E-state index is -0.911. The maximum absolute atomic E-state index is 9.25. The molecule has 0 aromatic carbocycles. The molecule has 0 unspecified atom stereocenters. The molecule has 1 heterocycles. The number of aliphatic hydroxyl groups excluding tert-OH is 2. The van der Waals surface area contributed by atoms with Crippen LogP contribution in [0.2, 0.25) is 5.28 Å². The van der Waals surface area contributed by atoms with Gasteiger partial charge in [-0.2, -0.15) is 15.0 Å². The van der Waals surface area contributed by atoms with Gasteiger partial charge in [0, 0.05) is 13.1 Å². The normalized spacial score (nSPS) is 11.5. The Kier molecular flexibility index (Phi) is 5.71. The van der Waals surface area contributed by atoms with Crippen molar-refractivity contribution in [2.45, 2.75) is 26.3 Å². The molecule has 0 aliphatic heterocycles. The van der Waals surface area contributed by atoms with Crippen molar-refractivity contribution >= 4 is 23.5 Å². The number of hydrogen-bond acceptors (Lipinski definition) is 7. The molecular weight excluding hydrogens is 270 g/mol. The second-order valence-corrected chi connectivity index (χ2v) is 4.74. The Labute approximate surface area is 117 Å². The summed E-state index contributed by atoms with van der Waals surface area (Å²) in [6.45, 7) is 6.60. The molecule has 0 bridgehead atoms. The van der Waals surface area contributed by atoms with E-state index in [0.717, 1.165) is 13.1 Å². The van der Waals surface area contributed by atoms with Crippen molar-refractivity contribution in [3.8, 4) is 0 Å². The van der Waals surface area contributed by atoms with Crippen LogP contribution < -0.4 is 10.2 Å². The summed E-state index contributed by atoms with van der Waals surface area (Å²) in [6.07, 6.45) is 0. The number of aromatic nitrogens is 3. The smallest absolute Gasteiger partial charge is 0.231 e. The van der Waals surface area contributed by atoms with Crippen LogP contribution in [0.4, 0.5) is 11.9 Å². The molecule has 0 saturated carbocycles. The molecule has 3 N–H and O–H groups in total. The SMILES string of the molecule is CCN(CC)c1nc(Cl)nc(NC(C)(CO)CO)n1. The van der Waals surface area contributed by atoms with Crippen LogP contribution in [-0.2, 0) is 0 Å². The highest BCUT2D eigenvalue weighted by atomic mass is 35.5. The first-order valence-electron chi connectivity index (χ1n) is 6.14. The first-order chi connectivity index (χ1) is 8.97. The van der Waals surface area contributed by atoms with Crippen LogP contribution >= 0.6 is 11.6 Å². The predicted octanol–water partition coefficient (Wildman–Crippen LogP) is 0.526. The van der Waals surface area contributed by atoms with E-state index in [4.69, 9.17) is 11.6 Å². The summed E-state index contributed by atoms with van der Waals surface area (Å²) < 4.78 is 0. The van der Waals surface area contributed by atoms with Gasteiger partial charge in [-0.05, 0) is 32.4 Å². The first-order valence-corrected chi connectivity index (χ1v) is 6.52. The van der Waals surface area contributed by atoms with Gasteiger partial charge in [0.2, 0.25) is 17.2 Å². The van der Waals surface area contributed by atoms with E-state index in [1.807, 2.05) is 18.7 Å². The Morgan fingerprint density at radius 2 is 1.74 bits per heavy atom. The summed E-state index contributed by atoms with van der Waals surface area (Å²) in [6, 6.07) is 0. The van der Waals surface area contributed by atoms with Crippen molar-refractivity contribution in [1.82, 2.24) is 15.0 Å². The standard InChI is InChI=1S/C11H20ClN5O2/c1-4-17(5-2)10-14-8(12)13-9(15-10)16-11(3,6-18)7-19/h18-19H,4-7H2,1-3H3,(H,13,14,15,16). The van der Waals surface area contributed by atoms with E-state index in [1.54, 1.807) is 6.92 Å². The van der Waals surface area contributed by atoms with Crippen LogP contribution in [-0.4, -0.2) is 57.0 Å². The third-order valence-electron chi connectivity index (χ3n) is 2.75. The van der Waals surface area contributed by atoms with Crippen molar-refractivity contribution < 1.29 is 10.2 Å². The maximum atomic E-state index is 9.25. The van der Waals surface area contributed by atoms with Crippen LogP contribution in [0.15, 0.2) is 0 Å². The molecule has 0 fully saturated rings. The molecule has 108 valence electrons. The van der Waals surface area contributed by atoms with Gasteiger partial charge >= 0.3 is 0 Å². The van der Waals surface area contributed by atoms with E-state index in [9.17, 15) is 10.2 Å². The highest BCUT2D eigenvalue weighted by Crippen LogP contribution is 2.16. The number of halogens is 1. The Hall–Kier alpha value is -1.18. The van der Waals surface area contributed by atoms with Crippen molar-refractivity contribution in [3.05, 3.63) is 5.28 Å². The van der Waals surface area contributed by atoms with E-state index in [0.29, 0.717) is 5.95 Å². The molecule has 0 amide bonds. The lowest BCUT2D eigenvalue weighted by atomic mass is 10.1. The number of hydrogen-bond donors (Lipinski definition) is 3. The van der Waals surface area contributed by atoms with Crippen LogP contribution in [0, 0.1) is 0 Å². The lowest BCUT2D eigenvalue weighted by molar-refractivity contribution is 0.147. The maximum Gasteiger partial charge on any atom is 0.231 e. The van der Waals surface area contributed by atoms with Gasteiger partial charge in [0.05, 0.1) is 18.8 Å². The minimum absolute atomic E-state index is 0.0672. The van der Waals surface area contributed by atoms with Crippen molar-refractivity contribution in [1.29, 1.82) is 0 Å². The minimum Gasteiger partial charge on any atom is -0.394 e. The highest BCUT2D eigenvalue weighted by Gasteiger charge is 2.24. The van der Waals surface area contributed by atoms with Gasteiger partial charge in [0.15, 0.2) is 0 Å². The first kappa shape index (κ1) is 15.9. The zero-order chi connectivity index (χ0) is 14.5. The molecule has 0 aliphatic rings. The van der Waals surface area contributed by atoms with E-state index in [-0.39, 0.29) is 24.4 Å². The van der Waals surface area contributed by atoms with Crippen LogP contribution in [0.3, 0.4) is 0 Å². The Balaban J connectivity index is 3.03. The summed E-state index contributed by atoms with van der Waals surface area (Å²) in [5.74, 6) is 0.693. The molecule has 0 aliphatic carbocycles. The van der Waals surface area contributed by atoms with Crippen LogP contribution in [0.5, 0.6) is 0 Å². The molecule has 7 nitrogen and oxygen atoms in total. The molecule has 8 heteroatoms. The van der Waals surface area contributed by atoms with Crippen LogP contribution in [0.1, 0.15) is 20.8 Å². The second kappa shape index (κ2) is 6.83. The van der Waals surface area contributed by atoms with E-state index in [1.165, 1.54) is 0 Å². The zero-order valence-electron chi connectivity index (χ0n) is 11.4. The number of anilines is 2. The third kappa shape index (κ3) is 4.15. The number of rotatable bonds is 7. The lowest BCUT2D eigenvalue weighted by Gasteiger charge is -2.26. The molecular formula is C11H20ClN5O2. The van der Waals surface area contributed by atoms with Gasteiger partial charge in [0.1, 0.15) is 0 Å². The number of nitrogens with one attached hydrogen (secondary N) is 1. The van der Waals surface area contributed by atoms with Gasteiger partial charge in [-0.3, -0.25) is 0 Å². The van der Waals surface area contributed by atoms with Crippen molar-refractivity contribution in [2.75, 3.05) is 36.5 Å². The average molecular weight is 290 g/mol. The van der Waals surface area contributed by atoms with Crippen LogP contribution in [0.25, 0.3) is 0 Å². The summed E-state index contributed by atoms with van der Waals surface area (Å²) in [5, 5.41) is 21.4. The zero-order valence-corrected chi connectivity index (χ0v) is 12.1. The lowest BCUT2D eigenvalue weighted by Crippen LogP contribution is -2.43. The summed E-state index contributed by atoms with van der Waals surface area (Å²) in [5.41, 5.74) is -0.911. The summed E-state index contributed by atoms with van der Waals surface area (Å²) in [4.78, 5) is 14.2. The molecule has 0 saturated heterocycles. The van der Waals surface area contributed by atoms with E-state index in [2.05, 4.69) is 20.3 Å². The molecule has 19 heavy (non-hydrogen) atoms. The van der Waals surface area contributed by atoms with Gasteiger partial charge in [-0.15, -0.1) is 0 Å². The average Bonchev–Trinajstić information content (AvgIpc) is 2.39. The number of aliphatic hydroxyl groups is 2. The highest BCUT2D eigenvalue weighted by molar-refractivity contribution is 6.28. The Bertz CT molecular complexity index is 410. The molecule has 1 rings (SSSR count). The Morgan fingerprint density at radius 3 is 2.21 bits per heavy atom. The predicted molar refractivity (Wildman–Crippen MR) is 74.6 cm³/mol. The van der Waals surface area contributed by atoms with Crippen molar-refractivity contribution in [2.24, 2.45) is 0 Å². The monoisotopic (exact) mass is 289 g/mol. The number of nitrogens with zero attached hydrogens (tertiary/aromatic N) is 4. The largest absolute Gasteiger partial charge is 0.394 e. The molecule has 0 radical (unpaired) electrons.